The van der Waals surface area contributed by atoms with Crippen molar-refractivity contribution in [2.75, 3.05) is 0 Å². The zero-order valence-electron chi connectivity index (χ0n) is 14.6. The number of rotatable bonds is 5. The lowest BCUT2D eigenvalue weighted by molar-refractivity contribution is 0.0954. The molecule has 0 aliphatic carbocycles. The molecular weight excluding hydrogens is 436 g/mol. The first-order valence-electron chi connectivity index (χ1n) is 8.49. The Morgan fingerprint density at radius 2 is 1.86 bits per heavy atom. The third kappa shape index (κ3) is 3.95. The van der Waals surface area contributed by atoms with Crippen LogP contribution in [0, 0.1) is 0 Å². The number of carbonyl (C=O) groups excluding carboxylic acids is 1. The highest BCUT2D eigenvalue weighted by Gasteiger charge is 2.12. The van der Waals surface area contributed by atoms with Crippen molar-refractivity contribution in [2.45, 2.75) is 0 Å². The minimum Gasteiger partial charge on any atom is -0.267 e. The molecule has 0 spiro atoms. The van der Waals surface area contributed by atoms with Crippen molar-refractivity contribution in [2.24, 2.45) is 5.10 Å². The van der Waals surface area contributed by atoms with Crippen LogP contribution in [0.4, 0.5) is 0 Å². The van der Waals surface area contributed by atoms with E-state index in [1.165, 1.54) is 0 Å². The second-order valence-corrected chi connectivity index (χ2v) is 7.67. The first-order valence-corrected chi connectivity index (χ1v) is 10.2. The topological polar surface area (TPSA) is 59.3 Å². The summed E-state index contributed by atoms with van der Waals surface area (Å²) in [5.74, 6) is -0.281. The molecule has 0 atom stereocenters. The molecule has 2 aromatic heterocycles. The molecule has 2 aromatic carbocycles. The maximum atomic E-state index is 12.3. The van der Waals surface area contributed by atoms with E-state index in [0.717, 1.165) is 26.3 Å². The standard InChI is InChI=1S/C21H15BrN4OS/c22-18-10-5-4-9-17(18)21(27)24-23-13-15-14-26(16-7-2-1-3-8-16)25-20(15)19-11-6-12-28-19/h1-14H,(H,24,27)/b23-13-. The van der Waals surface area contributed by atoms with Gasteiger partial charge in [-0.3, -0.25) is 4.79 Å². The number of thiophene rings is 1. The Morgan fingerprint density at radius 3 is 2.61 bits per heavy atom. The van der Waals surface area contributed by atoms with Crippen molar-refractivity contribution < 1.29 is 4.79 Å². The maximum absolute atomic E-state index is 12.3. The molecule has 0 aliphatic rings. The highest BCUT2D eigenvalue weighted by Crippen LogP contribution is 2.26. The van der Waals surface area contributed by atoms with Gasteiger partial charge in [0.25, 0.3) is 5.91 Å². The van der Waals surface area contributed by atoms with Gasteiger partial charge in [-0.1, -0.05) is 36.4 Å². The van der Waals surface area contributed by atoms with E-state index in [1.54, 1.807) is 23.6 Å². The number of benzene rings is 2. The van der Waals surface area contributed by atoms with Crippen molar-refractivity contribution in [1.29, 1.82) is 0 Å². The van der Waals surface area contributed by atoms with Gasteiger partial charge in [0.2, 0.25) is 0 Å². The normalized spacial score (nSPS) is 11.0. The number of hydrazone groups is 1. The van der Waals surface area contributed by atoms with E-state index in [9.17, 15) is 4.79 Å². The average Bonchev–Trinajstić information content (AvgIpc) is 3.39. The Balaban J connectivity index is 1.61. The molecule has 0 aliphatic heterocycles. The SMILES string of the molecule is O=C(N/N=C\c1cn(-c2ccccc2)nc1-c1cccs1)c1ccccc1Br. The summed E-state index contributed by atoms with van der Waals surface area (Å²) < 4.78 is 2.53. The molecule has 4 rings (SSSR count). The van der Waals surface area contributed by atoms with Crippen LogP contribution in [0.3, 0.4) is 0 Å². The third-order valence-corrected chi connectivity index (χ3v) is 5.57. The third-order valence-electron chi connectivity index (χ3n) is 4.01. The van der Waals surface area contributed by atoms with Gasteiger partial charge in [0.05, 0.1) is 22.3 Å². The molecule has 2 heterocycles. The van der Waals surface area contributed by atoms with E-state index in [-0.39, 0.29) is 5.91 Å². The second-order valence-electron chi connectivity index (χ2n) is 5.87. The predicted octanol–water partition coefficient (Wildman–Crippen LogP) is 5.13. The van der Waals surface area contributed by atoms with E-state index in [0.29, 0.717) is 5.56 Å². The molecule has 0 unspecified atom stereocenters. The molecule has 4 aromatic rings. The summed E-state index contributed by atoms with van der Waals surface area (Å²) in [6.45, 7) is 0. The fraction of sp³-hybridized carbons (Fsp3) is 0. The Morgan fingerprint density at radius 1 is 1.07 bits per heavy atom. The smallest absolute Gasteiger partial charge is 0.267 e. The first kappa shape index (κ1) is 18.3. The van der Waals surface area contributed by atoms with E-state index in [2.05, 4.69) is 26.5 Å². The minimum atomic E-state index is -0.281. The summed E-state index contributed by atoms with van der Waals surface area (Å²) in [6, 6.07) is 21.1. The molecule has 28 heavy (non-hydrogen) atoms. The zero-order chi connectivity index (χ0) is 19.3. The number of amides is 1. The van der Waals surface area contributed by atoms with Crippen LogP contribution >= 0.6 is 27.3 Å². The van der Waals surface area contributed by atoms with Gasteiger partial charge < -0.3 is 0 Å². The van der Waals surface area contributed by atoms with Crippen LogP contribution in [0.1, 0.15) is 15.9 Å². The summed E-state index contributed by atoms with van der Waals surface area (Å²) in [6.07, 6.45) is 3.52. The Bertz CT molecular complexity index is 1120. The number of aromatic nitrogens is 2. The monoisotopic (exact) mass is 450 g/mol. The summed E-state index contributed by atoms with van der Waals surface area (Å²) in [7, 11) is 0. The van der Waals surface area contributed by atoms with Crippen LogP contribution < -0.4 is 5.43 Å². The molecule has 138 valence electrons. The number of nitrogens with zero attached hydrogens (tertiary/aromatic N) is 3. The van der Waals surface area contributed by atoms with Gasteiger partial charge in [-0.2, -0.15) is 10.2 Å². The summed E-state index contributed by atoms with van der Waals surface area (Å²) in [4.78, 5) is 13.4. The van der Waals surface area contributed by atoms with E-state index in [4.69, 9.17) is 5.10 Å². The molecule has 0 saturated heterocycles. The lowest BCUT2D eigenvalue weighted by Crippen LogP contribution is -2.18. The summed E-state index contributed by atoms with van der Waals surface area (Å²) in [5.41, 5.74) is 5.69. The Kier molecular flexibility index (Phi) is 5.45. The summed E-state index contributed by atoms with van der Waals surface area (Å²) >= 11 is 4.98. The molecule has 1 N–H and O–H groups in total. The van der Waals surface area contributed by atoms with Gasteiger partial charge in [0.1, 0.15) is 5.69 Å². The van der Waals surface area contributed by atoms with E-state index in [1.807, 2.05) is 76.9 Å². The van der Waals surface area contributed by atoms with Crippen molar-refractivity contribution >= 4 is 39.4 Å². The Hall–Kier alpha value is -3.03. The number of hydrogen-bond donors (Lipinski definition) is 1. The van der Waals surface area contributed by atoms with Crippen LogP contribution in [0.15, 0.2) is 87.9 Å². The highest BCUT2D eigenvalue weighted by molar-refractivity contribution is 9.10. The van der Waals surface area contributed by atoms with Crippen LogP contribution in [0.25, 0.3) is 16.3 Å². The van der Waals surface area contributed by atoms with Crippen LogP contribution in [0.5, 0.6) is 0 Å². The van der Waals surface area contributed by atoms with E-state index < -0.39 is 0 Å². The largest absolute Gasteiger partial charge is 0.272 e. The van der Waals surface area contributed by atoms with Crippen LogP contribution in [-0.2, 0) is 0 Å². The van der Waals surface area contributed by atoms with Crippen molar-refractivity contribution in [3.63, 3.8) is 0 Å². The molecule has 0 fully saturated rings. The molecule has 0 saturated carbocycles. The molecule has 7 heteroatoms. The lowest BCUT2D eigenvalue weighted by Gasteiger charge is -2.01. The molecule has 0 bridgehead atoms. The minimum absolute atomic E-state index is 0.281. The average molecular weight is 451 g/mol. The number of carbonyl (C=O) groups is 1. The number of halogens is 1. The number of para-hydroxylation sites is 1. The second kappa shape index (κ2) is 8.33. The van der Waals surface area contributed by atoms with Crippen molar-refractivity contribution in [3.8, 4) is 16.3 Å². The summed E-state index contributed by atoms with van der Waals surface area (Å²) in [5, 5.41) is 10.9. The Labute approximate surface area is 174 Å². The fourth-order valence-corrected chi connectivity index (χ4v) is 3.86. The van der Waals surface area contributed by atoms with Gasteiger partial charge in [-0.25, -0.2) is 10.1 Å². The predicted molar refractivity (Wildman–Crippen MR) is 116 cm³/mol. The first-order chi connectivity index (χ1) is 13.7. The van der Waals surface area contributed by atoms with Gasteiger partial charge in [0, 0.05) is 16.2 Å². The van der Waals surface area contributed by atoms with Gasteiger partial charge in [-0.05, 0) is 51.6 Å². The van der Waals surface area contributed by atoms with Gasteiger partial charge >= 0.3 is 0 Å². The molecular formula is C21H15BrN4OS. The quantitative estimate of drug-likeness (QED) is 0.338. The van der Waals surface area contributed by atoms with E-state index >= 15 is 0 Å². The van der Waals surface area contributed by atoms with Gasteiger partial charge in [0.15, 0.2) is 0 Å². The van der Waals surface area contributed by atoms with Crippen molar-refractivity contribution in [1.82, 2.24) is 15.2 Å². The highest BCUT2D eigenvalue weighted by atomic mass is 79.9. The fourth-order valence-electron chi connectivity index (χ4n) is 2.67. The van der Waals surface area contributed by atoms with Crippen LogP contribution in [0.2, 0.25) is 0 Å². The lowest BCUT2D eigenvalue weighted by atomic mass is 10.2. The maximum Gasteiger partial charge on any atom is 0.272 e. The number of nitrogens with one attached hydrogen (secondary N) is 1. The zero-order valence-corrected chi connectivity index (χ0v) is 17.0. The molecule has 5 nitrogen and oxygen atoms in total. The van der Waals surface area contributed by atoms with Crippen molar-refractivity contribution in [3.05, 3.63) is 93.9 Å². The molecule has 1 amide bonds. The van der Waals surface area contributed by atoms with Crippen LogP contribution in [-0.4, -0.2) is 21.9 Å². The van der Waals surface area contributed by atoms with Gasteiger partial charge in [-0.15, -0.1) is 11.3 Å². The number of hydrogen-bond acceptors (Lipinski definition) is 4. The molecule has 0 radical (unpaired) electrons.